The first-order valence-corrected chi connectivity index (χ1v) is 9.00. The van der Waals surface area contributed by atoms with E-state index in [9.17, 15) is 9.18 Å². The molecule has 128 valence electrons. The molecule has 3 aromatic carbocycles. The van der Waals surface area contributed by atoms with Gasteiger partial charge in [-0.1, -0.05) is 36.4 Å². The molecule has 0 bridgehead atoms. The molecule has 0 aliphatic carbocycles. The molecule has 0 aliphatic rings. The van der Waals surface area contributed by atoms with Crippen LogP contribution >= 0.6 is 11.3 Å². The first-order chi connectivity index (χ1) is 12.7. The van der Waals surface area contributed by atoms with Gasteiger partial charge in [0.2, 0.25) is 5.91 Å². The largest absolute Gasteiger partial charge is 0.325 e. The Balaban J connectivity index is 1.60. The Hall–Kier alpha value is -3.05. The number of carbonyl (C=O) groups is 1. The van der Waals surface area contributed by atoms with Gasteiger partial charge in [-0.25, -0.2) is 9.37 Å². The number of hydrogen-bond acceptors (Lipinski definition) is 3. The van der Waals surface area contributed by atoms with Crippen LogP contribution in [0.25, 0.3) is 20.8 Å². The molecule has 0 atom stereocenters. The number of aromatic nitrogens is 1. The predicted molar refractivity (Wildman–Crippen MR) is 104 cm³/mol. The number of para-hydroxylation sites is 2. The summed E-state index contributed by atoms with van der Waals surface area (Å²) in [5.41, 5.74) is 3.16. The number of thiazole rings is 1. The maximum Gasteiger partial charge on any atom is 0.228 e. The molecule has 5 heteroatoms. The first-order valence-electron chi connectivity index (χ1n) is 8.18. The van der Waals surface area contributed by atoms with Crippen LogP contribution in [0.15, 0.2) is 72.8 Å². The van der Waals surface area contributed by atoms with E-state index in [4.69, 9.17) is 0 Å². The van der Waals surface area contributed by atoms with Crippen LogP contribution in [0.1, 0.15) is 5.56 Å². The number of hydrogen-bond donors (Lipinski definition) is 1. The summed E-state index contributed by atoms with van der Waals surface area (Å²) in [6, 6.07) is 21.6. The summed E-state index contributed by atoms with van der Waals surface area (Å²) >= 11 is 1.59. The van der Waals surface area contributed by atoms with Crippen molar-refractivity contribution in [3.8, 4) is 10.6 Å². The van der Waals surface area contributed by atoms with Gasteiger partial charge in [0, 0.05) is 5.56 Å². The third-order valence-electron chi connectivity index (χ3n) is 3.98. The lowest BCUT2D eigenvalue weighted by Gasteiger charge is -2.09. The van der Waals surface area contributed by atoms with Crippen molar-refractivity contribution in [3.63, 3.8) is 0 Å². The standard InChI is InChI=1S/C21H15FN2OS/c22-15-7-5-6-14(12-15)13-20(25)23-17-9-2-1-8-16(17)21-24-18-10-3-4-11-19(18)26-21/h1-12H,13H2,(H,23,25). The van der Waals surface area contributed by atoms with Gasteiger partial charge in [-0.05, 0) is 42.0 Å². The molecule has 0 saturated heterocycles. The number of benzene rings is 3. The Labute approximate surface area is 154 Å². The van der Waals surface area contributed by atoms with Crippen LogP contribution in [0.5, 0.6) is 0 Å². The minimum Gasteiger partial charge on any atom is -0.325 e. The van der Waals surface area contributed by atoms with E-state index in [1.54, 1.807) is 23.5 Å². The highest BCUT2D eigenvalue weighted by molar-refractivity contribution is 7.21. The lowest BCUT2D eigenvalue weighted by atomic mass is 10.1. The fourth-order valence-corrected chi connectivity index (χ4v) is 3.80. The predicted octanol–water partition coefficient (Wildman–Crippen LogP) is 5.28. The van der Waals surface area contributed by atoms with Crippen molar-refractivity contribution in [2.45, 2.75) is 6.42 Å². The van der Waals surface area contributed by atoms with Gasteiger partial charge >= 0.3 is 0 Å². The van der Waals surface area contributed by atoms with Crippen molar-refractivity contribution in [1.29, 1.82) is 0 Å². The molecule has 0 fully saturated rings. The van der Waals surface area contributed by atoms with E-state index in [0.29, 0.717) is 11.3 Å². The van der Waals surface area contributed by atoms with E-state index in [1.807, 2.05) is 48.5 Å². The molecule has 4 rings (SSSR count). The molecule has 26 heavy (non-hydrogen) atoms. The number of halogens is 1. The van der Waals surface area contributed by atoms with E-state index >= 15 is 0 Å². The zero-order chi connectivity index (χ0) is 17.9. The molecule has 0 saturated carbocycles. The highest BCUT2D eigenvalue weighted by atomic mass is 32.1. The third-order valence-corrected chi connectivity index (χ3v) is 5.05. The van der Waals surface area contributed by atoms with Gasteiger partial charge in [-0.15, -0.1) is 11.3 Å². The Bertz CT molecular complexity index is 1060. The van der Waals surface area contributed by atoms with Gasteiger partial charge in [0.25, 0.3) is 0 Å². The van der Waals surface area contributed by atoms with E-state index in [1.165, 1.54) is 12.1 Å². The van der Waals surface area contributed by atoms with Crippen molar-refractivity contribution in [1.82, 2.24) is 4.98 Å². The van der Waals surface area contributed by atoms with Crippen molar-refractivity contribution in [3.05, 3.63) is 84.2 Å². The molecule has 1 N–H and O–H groups in total. The van der Waals surface area contributed by atoms with Gasteiger partial charge in [-0.3, -0.25) is 4.79 Å². The van der Waals surface area contributed by atoms with Crippen molar-refractivity contribution in [2.75, 3.05) is 5.32 Å². The van der Waals surface area contributed by atoms with E-state index in [-0.39, 0.29) is 18.1 Å². The quantitative estimate of drug-likeness (QED) is 0.536. The van der Waals surface area contributed by atoms with Gasteiger partial charge in [0.15, 0.2) is 0 Å². The topological polar surface area (TPSA) is 42.0 Å². The van der Waals surface area contributed by atoms with Crippen molar-refractivity contribution < 1.29 is 9.18 Å². The number of carbonyl (C=O) groups excluding carboxylic acids is 1. The molecule has 0 spiro atoms. The van der Waals surface area contributed by atoms with Crippen LogP contribution in [-0.2, 0) is 11.2 Å². The molecular formula is C21H15FN2OS. The van der Waals surface area contributed by atoms with Crippen LogP contribution in [0, 0.1) is 5.82 Å². The summed E-state index contributed by atoms with van der Waals surface area (Å²) in [6.07, 6.45) is 0.117. The van der Waals surface area contributed by atoms with Gasteiger partial charge < -0.3 is 5.32 Å². The molecule has 0 unspecified atom stereocenters. The Kier molecular flexibility index (Phi) is 4.46. The summed E-state index contributed by atoms with van der Waals surface area (Å²) in [4.78, 5) is 17.1. The average Bonchev–Trinajstić information content (AvgIpc) is 3.06. The SMILES string of the molecule is O=C(Cc1cccc(F)c1)Nc1ccccc1-c1nc2ccccc2s1. The molecule has 3 nitrogen and oxygen atoms in total. The third kappa shape index (κ3) is 3.48. The molecule has 0 radical (unpaired) electrons. The van der Waals surface area contributed by atoms with Gasteiger partial charge in [0.05, 0.1) is 22.3 Å². The van der Waals surface area contributed by atoms with E-state index in [0.717, 1.165) is 20.8 Å². The fourth-order valence-electron chi connectivity index (χ4n) is 2.79. The normalized spacial score (nSPS) is 10.8. The minimum absolute atomic E-state index is 0.117. The van der Waals surface area contributed by atoms with Gasteiger partial charge in [-0.2, -0.15) is 0 Å². The van der Waals surface area contributed by atoms with E-state index < -0.39 is 0 Å². The first kappa shape index (κ1) is 16.4. The number of anilines is 1. The molecule has 0 aliphatic heterocycles. The summed E-state index contributed by atoms with van der Waals surface area (Å²) in [6.45, 7) is 0. The number of fused-ring (bicyclic) bond motifs is 1. The summed E-state index contributed by atoms with van der Waals surface area (Å²) in [5.74, 6) is -0.533. The van der Waals surface area contributed by atoms with Crippen molar-refractivity contribution >= 4 is 33.1 Å². The number of rotatable bonds is 4. The van der Waals surface area contributed by atoms with Crippen LogP contribution in [0.4, 0.5) is 10.1 Å². The summed E-state index contributed by atoms with van der Waals surface area (Å²) < 4.78 is 14.4. The van der Waals surface area contributed by atoms with E-state index in [2.05, 4.69) is 10.3 Å². The number of nitrogens with zero attached hydrogens (tertiary/aromatic N) is 1. The zero-order valence-corrected chi connectivity index (χ0v) is 14.6. The zero-order valence-electron chi connectivity index (χ0n) is 13.8. The Morgan fingerprint density at radius 2 is 1.81 bits per heavy atom. The van der Waals surface area contributed by atoms with Gasteiger partial charge in [0.1, 0.15) is 10.8 Å². The molecule has 4 aromatic rings. The number of nitrogens with one attached hydrogen (secondary N) is 1. The van der Waals surface area contributed by atoms with Crippen LogP contribution in [-0.4, -0.2) is 10.9 Å². The second-order valence-corrected chi connectivity index (χ2v) is 6.92. The maximum atomic E-state index is 13.3. The fraction of sp³-hybridized carbons (Fsp3) is 0.0476. The Morgan fingerprint density at radius 3 is 2.65 bits per heavy atom. The highest BCUT2D eigenvalue weighted by Gasteiger charge is 2.12. The molecule has 1 heterocycles. The molecular weight excluding hydrogens is 347 g/mol. The highest BCUT2D eigenvalue weighted by Crippen LogP contribution is 2.34. The van der Waals surface area contributed by atoms with Crippen molar-refractivity contribution in [2.24, 2.45) is 0 Å². The summed E-state index contributed by atoms with van der Waals surface area (Å²) in [7, 11) is 0. The molecule has 1 aromatic heterocycles. The Morgan fingerprint density at radius 1 is 1.00 bits per heavy atom. The minimum atomic E-state index is -0.342. The summed E-state index contributed by atoms with van der Waals surface area (Å²) in [5, 5.41) is 3.78. The van der Waals surface area contributed by atoms with Crippen LogP contribution in [0.2, 0.25) is 0 Å². The lowest BCUT2D eigenvalue weighted by Crippen LogP contribution is -2.15. The lowest BCUT2D eigenvalue weighted by molar-refractivity contribution is -0.115. The second kappa shape index (κ2) is 7.06. The maximum absolute atomic E-state index is 13.3. The smallest absolute Gasteiger partial charge is 0.228 e. The second-order valence-electron chi connectivity index (χ2n) is 5.89. The monoisotopic (exact) mass is 362 g/mol. The number of amides is 1. The average molecular weight is 362 g/mol. The molecule has 1 amide bonds. The van der Waals surface area contributed by atoms with Crippen LogP contribution < -0.4 is 5.32 Å². The van der Waals surface area contributed by atoms with Crippen LogP contribution in [0.3, 0.4) is 0 Å².